The molecule has 0 aromatic heterocycles. The summed E-state index contributed by atoms with van der Waals surface area (Å²) in [4.78, 5) is 11.6. The molecule has 0 saturated heterocycles. The predicted octanol–water partition coefficient (Wildman–Crippen LogP) is 4.62. The molecule has 2 aromatic rings. The number of halogens is 2. The molecule has 5 heteroatoms. The molecule has 0 heterocycles. The van der Waals surface area contributed by atoms with Gasteiger partial charge < -0.3 is 10.1 Å². The van der Waals surface area contributed by atoms with Crippen LogP contribution in [0.2, 0.25) is 0 Å². The first-order valence-corrected chi connectivity index (χ1v) is 8.41. The van der Waals surface area contributed by atoms with Crippen molar-refractivity contribution in [2.45, 2.75) is 25.9 Å². The summed E-state index contributed by atoms with van der Waals surface area (Å²) < 4.78 is 19.0. The van der Waals surface area contributed by atoms with E-state index in [0.717, 1.165) is 18.4 Å². The molecule has 0 aliphatic carbocycles. The molecular weight excluding hydrogens is 341 g/mol. The molecule has 1 N–H and O–H groups in total. The van der Waals surface area contributed by atoms with Gasteiger partial charge in [0.1, 0.15) is 12.4 Å². The third-order valence-corrected chi connectivity index (χ3v) is 3.69. The maximum atomic E-state index is 13.9. The molecular formula is C20H19ClFNO2. The molecule has 0 aliphatic heterocycles. The number of benzene rings is 2. The zero-order valence-corrected chi connectivity index (χ0v) is 14.5. The number of amides is 1. The second-order valence-electron chi connectivity index (χ2n) is 5.47. The Morgan fingerprint density at radius 1 is 1.16 bits per heavy atom. The van der Waals surface area contributed by atoms with Crippen LogP contribution in [-0.2, 0) is 17.8 Å². The van der Waals surface area contributed by atoms with Crippen molar-refractivity contribution in [2.24, 2.45) is 0 Å². The Hall–Kier alpha value is -2.51. The van der Waals surface area contributed by atoms with E-state index in [-0.39, 0.29) is 12.4 Å². The van der Waals surface area contributed by atoms with Gasteiger partial charge in [-0.3, -0.25) is 0 Å². The molecule has 0 radical (unpaired) electrons. The Morgan fingerprint density at radius 2 is 1.96 bits per heavy atom. The van der Waals surface area contributed by atoms with Gasteiger partial charge in [-0.2, -0.15) is 0 Å². The van der Waals surface area contributed by atoms with Crippen molar-refractivity contribution in [1.82, 2.24) is 5.32 Å². The van der Waals surface area contributed by atoms with Gasteiger partial charge in [-0.15, -0.1) is 0 Å². The fourth-order valence-corrected chi connectivity index (χ4v) is 2.40. The van der Waals surface area contributed by atoms with E-state index in [9.17, 15) is 9.18 Å². The third kappa shape index (κ3) is 6.86. The predicted molar refractivity (Wildman–Crippen MR) is 96.7 cm³/mol. The first-order valence-electron chi connectivity index (χ1n) is 8.03. The summed E-state index contributed by atoms with van der Waals surface area (Å²) in [6.45, 7) is 0.737. The lowest BCUT2D eigenvalue weighted by Crippen LogP contribution is -2.25. The van der Waals surface area contributed by atoms with Crippen LogP contribution in [0.1, 0.15) is 29.5 Å². The monoisotopic (exact) mass is 359 g/mol. The van der Waals surface area contributed by atoms with Crippen LogP contribution in [0.15, 0.2) is 48.5 Å². The number of ether oxygens (including phenoxy) is 1. The molecule has 25 heavy (non-hydrogen) atoms. The summed E-state index contributed by atoms with van der Waals surface area (Å²) in [7, 11) is 0. The molecule has 130 valence electrons. The van der Waals surface area contributed by atoms with Crippen molar-refractivity contribution in [2.75, 3.05) is 6.54 Å². The zero-order valence-electron chi connectivity index (χ0n) is 13.7. The molecule has 0 aliphatic rings. The van der Waals surface area contributed by atoms with Crippen molar-refractivity contribution >= 4 is 17.7 Å². The Labute approximate surface area is 152 Å². The second-order valence-corrected chi connectivity index (χ2v) is 5.66. The van der Waals surface area contributed by atoms with Gasteiger partial charge in [-0.05, 0) is 60.0 Å². The molecule has 2 aromatic carbocycles. The molecule has 0 unspecified atom stereocenters. The maximum Gasteiger partial charge on any atom is 0.407 e. The molecule has 1 amide bonds. The van der Waals surface area contributed by atoms with Crippen LogP contribution in [0.5, 0.6) is 0 Å². The number of nitrogens with one attached hydrogen (secondary N) is 1. The second kappa shape index (κ2) is 10.4. The lowest BCUT2D eigenvalue weighted by Gasteiger charge is -2.07. The molecule has 3 nitrogen and oxygen atoms in total. The summed E-state index contributed by atoms with van der Waals surface area (Å²) >= 11 is 5.30. The zero-order chi connectivity index (χ0) is 17.9. The molecule has 0 spiro atoms. The van der Waals surface area contributed by atoms with Gasteiger partial charge >= 0.3 is 6.09 Å². The highest BCUT2D eigenvalue weighted by molar-refractivity contribution is 6.30. The van der Waals surface area contributed by atoms with Crippen molar-refractivity contribution in [3.8, 4) is 11.3 Å². The van der Waals surface area contributed by atoms with Gasteiger partial charge in [-0.25, -0.2) is 9.18 Å². The van der Waals surface area contributed by atoms with E-state index in [4.69, 9.17) is 16.3 Å². The van der Waals surface area contributed by atoms with Crippen molar-refractivity contribution < 1.29 is 13.9 Å². The van der Waals surface area contributed by atoms with E-state index in [0.29, 0.717) is 24.1 Å². The van der Waals surface area contributed by atoms with Crippen molar-refractivity contribution in [3.63, 3.8) is 0 Å². The Morgan fingerprint density at radius 3 is 2.68 bits per heavy atom. The van der Waals surface area contributed by atoms with Crippen LogP contribution in [0.4, 0.5) is 9.18 Å². The number of alkyl carbamates (subject to hydrolysis) is 1. The SMILES string of the molecule is O=C(NCCCCc1ccc(C#CCl)cc1F)OCc1ccccc1. The number of carbonyl (C=O) groups is 1. The summed E-state index contributed by atoms with van der Waals surface area (Å²) in [6.07, 6.45) is 1.65. The highest BCUT2D eigenvalue weighted by Crippen LogP contribution is 2.13. The fraction of sp³-hybridized carbons (Fsp3) is 0.250. The van der Waals surface area contributed by atoms with Crippen LogP contribution in [0.25, 0.3) is 0 Å². The van der Waals surface area contributed by atoms with Gasteiger partial charge in [-0.1, -0.05) is 36.4 Å². The maximum absolute atomic E-state index is 13.9. The minimum atomic E-state index is -0.445. The Bertz CT molecular complexity index is 753. The van der Waals surface area contributed by atoms with E-state index >= 15 is 0 Å². The van der Waals surface area contributed by atoms with E-state index in [1.807, 2.05) is 30.3 Å². The number of hydrogen-bond acceptors (Lipinski definition) is 2. The highest BCUT2D eigenvalue weighted by atomic mass is 35.5. The Balaban J connectivity index is 1.62. The van der Waals surface area contributed by atoms with Gasteiger partial charge in [0.05, 0.1) is 0 Å². The average Bonchev–Trinajstić information content (AvgIpc) is 2.62. The van der Waals surface area contributed by atoms with Crippen LogP contribution in [0.3, 0.4) is 0 Å². The standard InChI is InChI=1S/C20H19ClFNO2/c21-12-11-16-9-10-18(19(22)14-16)8-4-5-13-23-20(24)25-15-17-6-2-1-3-7-17/h1-3,6-7,9-10,14H,4-5,8,13,15H2,(H,23,24). The van der Waals surface area contributed by atoms with E-state index in [1.54, 1.807) is 12.1 Å². The number of aryl methyl sites for hydroxylation is 1. The van der Waals surface area contributed by atoms with Crippen LogP contribution < -0.4 is 5.32 Å². The first-order chi connectivity index (χ1) is 12.2. The number of carbonyl (C=O) groups excluding carboxylic acids is 1. The van der Waals surface area contributed by atoms with Gasteiger partial charge in [0.25, 0.3) is 0 Å². The minimum Gasteiger partial charge on any atom is -0.445 e. The summed E-state index contributed by atoms with van der Waals surface area (Å²) in [5.74, 6) is 2.32. The van der Waals surface area contributed by atoms with Crippen molar-refractivity contribution in [1.29, 1.82) is 0 Å². The molecule has 2 rings (SSSR count). The van der Waals surface area contributed by atoms with Gasteiger partial charge in [0.2, 0.25) is 0 Å². The summed E-state index contributed by atoms with van der Waals surface area (Å²) in [5, 5.41) is 4.92. The summed E-state index contributed by atoms with van der Waals surface area (Å²) in [5.41, 5.74) is 2.13. The molecule has 0 bridgehead atoms. The third-order valence-electron chi connectivity index (χ3n) is 3.60. The minimum absolute atomic E-state index is 0.245. The van der Waals surface area contributed by atoms with Crippen LogP contribution in [0, 0.1) is 17.1 Å². The topological polar surface area (TPSA) is 38.3 Å². The molecule has 0 saturated carbocycles. The quantitative estimate of drug-likeness (QED) is 0.578. The van der Waals surface area contributed by atoms with Gasteiger partial charge in [0, 0.05) is 17.5 Å². The number of hydrogen-bond donors (Lipinski definition) is 1. The van der Waals surface area contributed by atoms with Crippen molar-refractivity contribution in [3.05, 3.63) is 71.0 Å². The van der Waals surface area contributed by atoms with E-state index in [1.165, 1.54) is 6.07 Å². The Kier molecular flexibility index (Phi) is 7.81. The van der Waals surface area contributed by atoms with Crippen LogP contribution >= 0.6 is 11.6 Å². The first kappa shape index (κ1) is 18.8. The number of rotatable bonds is 7. The molecule has 0 atom stereocenters. The largest absolute Gasteiger partial charge is 0.445 e. The normalized spacial score (nSPS) is 9.84. The van der Waals surface area contributed by atoms with Crippen LogP contribution in [-0.4, -0.2) is 12.6 Å². The lowest BCUT2D eigenvalue weighted by atomic mass is 10.1. The highest BCUT2D eigenvalue weighted by Gasteiger charge is 2.04. The average molecular weight is 360 g/mol. The smallest absolute Gasteiger partial charge is 0.407 e. The molecule has 0 fully saturated rings. The fourth-order valence-electron chi connectivity index (χ4n) is 2.29. The number of unbranched alkanes of at least 4 members (excludes halogenated alkanes) is 1. The lowest BCUT2D eigenvalue weighted by molar-refractivity contribution is 0.139. The van der Waals surface area contributed by atoms with E-state index < -0.39 is 6.09 Å². The summed E-state index contributed by atoms with van der Waals surface area (Å²) in [6, 6.07) is 14.3. The van der Waals surface area contributed by atoms with E-state index in [2.05, 4.69) is 16.6 Å². The van der Waals surface area contributed by atoms with Gasteiger partial charge in [0.15, 0.2) is 0 Å².